The van der Waals surface area contributed by atoms with Crippen LogP contribution in [-0.4, -0.2) is 43.1 Å². The number of amides is 1. The predicted molar refractivity (Wildman–Crippen MR) is 119 cm³/mol. The molecule has 0 aliphatic rings. The fourth-order valence-electron chi connectivity index (χ4n) is 3.38. The van der Waals surface area contributed by atoms with Crippen molar-refractivity contribution in [2.45, 2.75) is 0 Å². The number of aromatic nitrogens is 2. The number of furan rings is 1. The summed E-state index contributed by atoms with van der Waals surface area (Å²) in [5.41, 5.74) is 1.77. The zero-order valence-electron chi connectivity index (χ0n) is 17.7. The lowest BCUT2D eigenvalue weighted by Crippen LogP contribution is -2.18. The number of methoxy groups -OCH3 is 2. The summed E-state index contributed by atoms with van der Waals surface area (Å²) in [6.07, 6.45) is 1.46. The Kier molecular flexibility index (Phi) is 5.97. The highest BCUT2D eigenvalue weighted by molar-refractivity contribution is 6.32. The molecule has 0 spiro atoms. The summed E-state index contributed by atoms with van der Waals surface area (Å²) >= 11 is 6.42. The number of benzene rings is 1. The third-order valence-corrected chi connectivity index (χ3v) is 5.25. The summed E-state index contributed by atoms with van der Waals surface area (Å²) in [5, 5.41) is 3.02. The number of nitrogens with zero attached hydrogens (tertiary/aromatic N) is 2. The minimum absolute atomic E-state index is 0.0631. The quantitative estimate of drug-likeness (QED) is 0.339. The van der Waals surface area contributed by atoms with E-state index in [9.17, 15) is 14.0 Å². The van der Waals surface area contributed by atoms with E-state index in [2.05, 4.69) is 15.3 Å². The van der Waals surface area contributed by atoms with E-state index in [0.717, 1.165) is 0 Å². The molecule has 3 aromatic heterocycles. The molecule has 33 heavy (non-hydrogen) atoms. The lowest BCUT2D eigenvalue weighted by Gasteiger charge is -2.09. The van der Waals surface area contributed by atoms with Gasteiger partial charge in [-0.3, -0.25) is 4.79 Å². The molecule has 4 aromatic rings. The van der Waals surface area contributed by atoms with Crippen LogP contribution in [0.25, 0.3) is 33.6 Å². The third-order valence-electron chi connectivity index (χ3n) is 4.96. The summed E-state index contributed by atoms with van der Waals surface area (Å²) < 4.78 is 29.2. The van der Waals surface area contributed by atoms with Crippen molar-refractivity contribution in [3.63, 3.8) is 0 Å². The molecule has 3 heterocycles. The highest BCUT2D eigenvalue weighted by Gasteiger charge is 2.25. The summed E-state index contributed by atoms with van der Waals surface area (Å²) in [5.74, 6) is -1.18. The van der Waals surface area contributed by atoms with E-state index in [1.807, 2.05) is 0 Å². The molecule has 0 atom stereocenters. The Bertz CT molecular complexity index is 1390. The van der Waals surface area contributed by atoms with Gasteiger partial charge in [-0.1, -0.05) is 11.6 Å². The molecule has 0 saturated carbocycles. The molecule has 0 fully saturated rings. The lowest BCUT2D eigenvalue weighted by molar-refractivity contribution is 0.0596. The number of nitrogens with one attached hydrogen (secondary N) is 1. The molecule has 0 aliphatic carbocycles. The Morgan fingerprint density at radius 1 is 1.12 bits per heavy atom. The fraction of sp³-hybridized carbons (Fsp3) is 0.130. The highest BCUT2D eigenvalue weighted by atomic mass is 35.5. The molecule has 1 aromatic carbocycles. The molecular formula is C23H17ClFN3O5. The molecule has 0 unspecified atom stereocenters. The van der Waals surface area contributed by atoms with E-state index in [1.165, 1.54) is 57.8 Å². The second-order valence-electron chi connectivity index (χ2n) is 6.84. The Labute approximate surface area is 192 Å². The van der Waals surface area contributed by atoms with E-state index >= 15 is 0 Å². The van der Waals surface area contributed by atoms with E-state index in [0.29, 0.717) is 22.1 Å². The van der Waals surface area contributed by atoms with Crippen molar-refractivity contribution in [3.05, 3.63) is 64.7 Å². The molecular weight excluding hydrogens is 453 g/mol. The Morgan fingerprint density at radius 3 is 2.48 bits per heavy atom. The molecule has 0 bridgehead atoms. The van der Waals surface area contributed by atoms with Gasteiger partial charge in [-0.05, 0) is 36.4 Å². The largest absolute Gasteiger partial charge is 0.480 e. The van der Waals surface area contributed by atoms with Gasteiger partial charge in [0, 0.05) is 29.9 Å². The van der Waals surface area contributed by atoms with Crippen molar-refractivity contribution in [2.24, 2.45) is 0 Å². The van der Waals surface area contributed by atoms with E-state index in [1.54, 1.807) is 6.07 Å². The first-order chi connectivity index (χ1) is 15.9. The number of ether oxygens (including phenoxy) is 2. The van der Waals surface area contributed by atoms with E-state index < -0.39 is 17.7 Å². The predicted octanol–water partition coefficient (Wildman–Crippen LogP) is 4.50. The Morgan fingerprint density at radius 2 is 1.85 bits per heavy atom. The number of carbonyl (C=O) groups excluding carboxylic acids is 2. The van der Waals surface area contributed by atoms with Crippen LogP contribution in [-0.2, 0) is 4.74 Å². The van der Waals surface area contributed by atoms with Gasteiger partial charge in [0.1, 0.15) is 22.3 Å². The van der Waals surface area contributed by atoms with Crippen LogP contribution in [0, 0.1) is 5.82 Å². The molecule has 168 valence electrons. The standard InChI is InChI=1S/C23H17ClFN3O5/c1-26-20(29)17-15-9-14(12-8-16(23(30)32-3)21(31-2)27-10-12)19(24)28-22(15)33-18(17)11-4-6-13(25)7-5-11/h4-10H,1-3H3,(H,26,29). The first-order valence-corrected chi connectivity index (χ1v) is 9.99. The van der Waals surface area contributed by atoms with Gasteiger partial charge in [0.15, 0.2) is 0 Å². The SMILES string of the molecule is CNC(=O)c1c(-c2ccc(F)cc2)oc2nc(Cl)c(-c3cnc(OC)c(C(=O)OC)c3)cc12. The number of fused-ring (bicyclic) bond motifs is 1. The summed E-state index contributed by atoms with van der Waals surface area (Å²) in [6, 6.07) is 8.65. The average Bonchev–Trinajstić information content (AvgIpc) is 3.20. The van der Waals surface area contributed by atoms with Crippen molar-refractivity contribution >= 4 is 34.6 Å². The molecule has 0 radical (unpaired) electrons. The average molecular weight is 470 g/mol. The third kappa shape index (κ3) is 3.98. The van der Waals surface area contributed by atoms with E-state index in [-0.39, 0.29) is 33.6 Å². The number of hydrogen-bond acceptors (Lipinski definition) is 7. The van der Waals surface area contributed by atoms with Gasteiger partial charge in [-0.2, -0.15) is 0 Å². The van der Waals surface area contributed by atoms with Gasteiger partial charge in [0.05, 0.1) is 25.2 Å². The van der Waals surface area contributed by atoms with Crippen LogP contribution in [0.5, 0.6) is 5.88 Å². The highest BCUT2D eigenvalue weighted by Crippen LogP contribution is 2.38. The molecule has 1 amide bonds. The topological polar surface area (TPSA) is 104 Å². The normalized spacial score (nSPS) is 10.8. The molecule has 0 saturated heterocycles. The summed E-state index contributed by atoms with van der Waals surface area (Å²) in [6.45, 7) is 0. The molecule has 0 aliphatic heterocycles. The Balaban J connectivity index is 1.95. The van der Waals surface area contributed by atoms with Gasteiger partial charge < -0.3 is 19.2 Å². The number of esters is 1. The Hall–Kier alpha value is -3.98. The summed E-state index contributed by atoms with van der Waals surface area (Å²) in [7, 11) is 4.11. The number of pyridine rings is 2. The van der Waals surface area contributed by atoms with Gasteiger partial charge in [-0.25, -0.2) is 19.2 Å². The van der Waals surface area contributed by atoms with Crippen LogP contribution in [0.15, 0.2) is 47.0 Å². The second-order valence-corrected chi connectivity index (χ2v) is 7.20. The van der Waals surface area contributed by atoms with Crippen molar-refractivity contribution in [1.29, 1.82) is 0 Å². The van der Waals surface area contributed by atoms with Crippen molar-refractivity contribution in [3.8, 4) is 28.3 Å². The van der Waals surface area contributed by atoms with Gasteiger partial charge in [-0.15, -0.1) is 0 Å². The van der Waals surface area contributed by atoms with Crippen LogP contribution in [0.3, 0.4) is 0 Å². The van der Waals surface area contributed by atoms with Crippen LogP contribution in [0.2, 0.25) is 5.15 Å². The maximum Gasteiger partial charge on any atom is 0.343 e. The summed E-state index contributed by atoms with van der Waals surface area (Å²) in [4.78, 5) is 33.4. The van der Waals surface area contributed by atoms with Crippen LogP contribution >= 0.6 is 11.6 Å². The number of halogens is 2. The minimum atomic E-state index is -0.640. The van der Waals surface area contributed by atoms with Crippen molar-refractivity contribution in [2.75, 3.05) is 21.3 Å². The first-order valence-electron chi connectivity index (χ1n) is 9.61. The number of rotatable bonds is 5. The van der Waals surface area contributed by atoms with Crippen molar-refractivity contribution in [1.82, 2.24) is 15.3 Å². The first kappa shape index (κ1) is 22.2. The van der Waals surface area contributed by atoms with E-state index in [4.69, 9.17) is 25.5 Å². The molecule has 1 N–H and O–H groups in total. The van der Waals surface area contributed by atoms with Crippen LogP contribution < -0.4 is 10.1 Å². The zero-order chi connectivity index (χ0) is 23.7. The minimum Gasteiger partial charge on any atom is -0.480 e. The lowest BCUT2D eigenvalue weighted by atomic mass is 10.0. The van der Waals surface area contributed by atoms with Crippen LogP contribution in [0.1, 0.15) is 20.7 Å². The maximum atomic E-state index is 13.4. The molecule has 4 rings (SSSR count). The smallest absolute Gasteiger partial charge is 0.343 e. The number of carbonyl (C=O) groups is 2. The molecule has 10 heteroatoms. The maximum absolute atomic E-state index is 13.4. The number of hydrogen-bond donors (Lipinski definition) is 1. The fourth-order valence-corrected chi connectivity index (χ4v) is 3.62. The van der Waals surface area contributed by atoms with Crippen molar-refractivity contribution < 1.29 is 27.9 Å². The second kappa shape index (κ2) is 8.87. The molecule has 8 nitrogen and oxygen atoms in total. The zero-order valence-corrected chi connectivity index (χ0v) is 18.5. The van der Waals surface area contributed by atoms with Crippen LogP contribution in [0.4, 0.5) is 4.39 Å². The van der Waals surface area contributed by atoms with Gasteiger partial charge in [0.2, 0.25) is 11.6 Å². The van der Waals surface area contributed by atoms with Gasteiger partial charge >= 0.3 is 5.97 Å². The monoisotopic (exact) mass is 469 g/mol. The van der Waals surface area contributed by atoms with Gasteiger partial charge in [0.25, 0.3) is 5.91 Å².